The molecular weight excluding hydrogens is 451 g/mol. The predicted molar refractivity (Wildman–Crippen MR) is 120 cm³/mol. The molecule has 7 heteroatoms. The summed E-state index contributed by atoms with van der Waals surface area (Å²) in [6.07, 6.45) is 11.2. The molecule has 1 aliphatic heterocycles. The van der Waals surface area contributed by atoms with Crippen molar-refractivity contribution < 1.29 is 0 Å². The van der Waals surface area contributed by atoms with Gasteiger partial charge in [0.05, 0.1) is 0 Å². The summed E-state index contributed by atoms with van der Waals surface area (Å²) in [5.74, 6) is 2.05. The fraction of sp³-hybridized carbons (Fsp3) is 0.650. The summed E-state index contributed by atoms with van der Waals surface area (Å²) in [7, 11) is 0. The number of hydrogen-bond acceptors (Lipinski definition) is 3. The molecule has 0 radical (unpaired) electrons. The fourth-order valence-electron chi connectivity index (χ4n) is 4.57. The average Bonchev–Trinajstić information content (AvgIpc) is 3.27. The zero-order valence-corrected chi connectivity index (χ0v) is 18.6. The van der Waals surface area contributed by atoms with E-state index < -0.39 is 0 Å². The summed E-state index contributed by atoms with van der Waals surface area (Å²) in [5, 5.41) is 12.0. The molecule has 0 unspecified atom stereocenters. The van der Waals surface area contributed by atoms with Crippen LogP contribution in [0.15, 0.2) is 29.4 Å². The molecule has 1 N–H and O–H groups in total. The maximum atomic E-state index is 4.91. The van der Waals surface area contributed by atoms with Crippen LogP contribution < -0.4 is 5.32 Å². The lowest BCUT2D eigenvalue weighted by molar-refractivity contribution is 0.203. The van der Waals surface area contributed by atoms with E-state index in [0.717, 1.165) is 43.5 Å². The molecule has 1 spiro atoms. The van der Waals surface area contributed by atoms with E-state index in [0.29, 0.717) is 5.41 Å². The highest BCUT2D eigenvalue weighted by molar-refractivity contribution is 14.0. The first-order chi connectivity index (χ1) is 12.8. The third-order valence-corrected chi connectivity index (χ3v) is 5.97. The molecule has 2 aromatic heterocycles. The van der Waals surface area contributed by atoms with Gasteiger partial charge in [-0.15, -0.1) is 34.2 Å². The van der Waals surface area contributed by atoms with Gasteiger partial charge in [0.15, 0.2) is 11.6 Å². The lowest BCUT2D eigenvalue weighted by Crippen LogP contribution is -2.41. The molecule has 1 saturated carbocycles. The molecule has 2 aromatic rings. The minimum Gasteiger partial charge on any atom is -0.357 e. The Hall–Kier alpha value is -1.38. The summed E-state index contributed by atoms with van der Waals surface area (Å²) in [6, 6.07) is 5.99. The van der Waals surface area contributed by atoms with Crippen LogP contribution in [0.3, 0.4) is 0 Å². The molecule has 0 aromatic carbocycles. The Bertz CT molecular complexity index is 765. The van der Waals surface area contributed by atoms with Crippen LogP contribution in [0.25, 0.3) is 5.65 Å². The molecule has 0 atom stereocenters. The van der Waals surface area contributed by atoms with Crippen molar-refractivity contribution in [3.63, 3.8) is 0 Å². The average molecular weight is 482 g/mol. The number of pyridine rings is 1. The number of likely N-dealkylation sites (tertiary alicyclic amines) is 1. The molecule has 4 rings (SSSR count). The van der Waals surface area contributed by atoms with Crippen molar-refractivity contribution in [3.8, 4) is 0 Å². The first kappa shape index (κ1) is 20.4. The normalized spacial score (nSPS) is 19.4. The van der Waals surface area contributed by atoms with E-state index in [2.05, 4.69) is 31.7 Å². The van der Waals surface area contributed by atoms with Crippen LogP contribution in [0.5, 0.6) is 0 Å². The molecule has 2 aliphatic rings. The maximum Gasteiger partial charge on any atom is 0.193 e. The fourth-order valence-corrected chi connectivity index (χ4v) is 4.57. The monoisotopic (exact) mass is 482 g/mol. The number of guanidine groups is 1. The molecule has 3 heterocycles. The number of aliphatic imine (C=N–C) groups is 1. The Kier molecular flexibility index (Phi) is 6.94. The molecule has 2 fully saturated rings. The van der Waals surface area contributed by atoms with Crippen molar-refractivity contribution in [2.24, 2.45) is 10.4 Å². The molecule has 148 valence electrons. The first-order valence-corrected chi connectivity index (χ1v) is 10.1. The zero-order chi connectivity index (χ0) is 17.8. The van der Waals surface area contributed by atoms with Crippen LogP contribution in [0.4, 0.5) is 0 Å². The van der Waals surface area contributed by atoms with E-state index >= 15 is 0 Å². The van der Waals surface area contributed by atoms with Gasteiger partial charge in [-0.2, -0.15) is 0 Å². The van der Waals surface area contributed by atoms with Crippen molar-refractivity contribution in [1.82, 2.24) is 24.8 Å². The Morgan fingerprint density at radius 2 is 2.04 bits per heavy atom. The van der Waals surface area contributed by atoms with Crippen LogP contribution in [0, 0.1) is 5.41 Å². The van der Waals surface area contributed by atoms with Crippen LogP contribution in [0.2, 0.25) is 0 Å². The van der Waals surface area contributed by atoms with E-state index in [4.69, 9.17) is 4.99 Å². The van der Waals surface area contributed by atoms with Crippen molar-refractivity contribution in [1.29, 1.82) is 0 Å². The maximum absolute atomic E-state index is 4.91. The Morgan fingerprint density at radius 1 is 1.19 bits per heavy atom. The molecule has 0 amide bonds. The summed E-state index contributed by atoms with van der Waals surface area (Å²) in [6.45, 7) is 6.11. The summed E-state index contributed by atoms with van der Waals surface area (Å²) in [5.41, 5.74) is 1.45. The number of nitrogens with zero attached hydrogens (tertiary/aromatic N) is 5. The summed E-state index contributed by atoms with van der Waals surface area (Å²) >= 11 is 0. The van der Waals surface area contributed by atoms with Gasteiger partial charge in [-0.1, -0.05) is 25.3 Å². The second kappa shape index (κ2) is 9.21. The van der Waals surface area contributed by atoms with E-state index in [1.54, 1.807) is 0 Å². The Labute approximate surface area is 178 Å². The second-order valence-electron chi connectivity index (χ2n) is 7.76. The third-order valence-electron chi connectivity index (χ3n) is 5.97. The van der Waals surface area contributed by atoms with Gasteiger partial charge < -0.3 is 10.2 Å². The highest BCUT2D eigenvalue weighted by atomic mass is 127. The first-order valence-electron chi connectivity index (χ1n) is 10.1. The predicted octanol–water partition coefficient (Wildman–Crippen LogP) is 3.51. The molecule has 27 heavy (non-hydrogen) atoms. The van der Waals surface area contributed by atoms with Gasteiger partial charge in [0.2, 0.25) is 0 Å². The van der Waals surface area contributed by atoms with E-state index in [9.17, 15) is 0 Å². The smallest absolute Gasteiger partial charge is 0.193 e. The van der Waals surface area contributed by atoms with Crippen molar-refractivity contribution in [2.45, 2.75) is 51.9 Å². The van der Waals surface area contributed by atoms with E-state index in [1.165, 1.54) is 45.1 Å². The van der Waals surface area contributed by atoms with Crippen LogP contribution >= 0.6 is 24.0 Å². The SMILES string of the molecule is CCNC(=NCCc1nnc2ccccn12)N1CCC2(CCCCC2)C1.I. The van der Waals surface area contributed by atoms with Crippen molar-refractivity contribution in [3.05, 3.63) is 30.2 Å². The minimum atomic E-state index is 0. The number of nitrogens with one attached hydrogen (secondary N) is 1. The van der Waals surface area contributed by atoms with Crippen LogP contribution in [-0.2, 0) is 6.42 Å². The summed E-state index contributed by atoms with van der Waals surface area (Å²) in [4.78, 5) is 7.39. The standard InChI is InChI=1S/C20H30N6.HI/c1-2-21-19(25-15-12-20(16-25)10-5-3-6-11-20)22-13-9-18-24-23-17-8-4-7-14-26(17)18;/h4,7-8,14H,2-3,5-6,9-13,15-16H2,1H3,(H,21,22);1H. The van der Waals surface area contributed by atoms with Gasteiger partial charge in [0.25, 0.3) is 0 Å². The van der Waals surface area contributed by atoms with E-state index in [1.807, 2.05) is 24.4 Å². The number of halogens is 1. The largest absolute Gasteiger partial charge is 0.357 e. The van der Waals surface area contributed by atoms with Crippen molar-refractivity contribution in [2.75, 3.05) is 26.2 Å². The minimum absolute atomic E-state index is 0. The van der Waals surface area contributed by atoms with Gasteiger partial charge in [-0.05, 0) is 43.7 Å². The second-order valence-corrected chi connectivity index (χ2v) is 7.76. The molecule has 0 bridgehead atoms. The summed E-state index contributed by atoms with van der Waals surface area (Å²) < 4.78 is 2.05. The highest BCUT2D eigenvalue weighted by Gasteiger charge is 2.39. The van der Waals surface area contributed by atoms with Crippen LogP contribution in [0.1, 0.15) is 51.3 Å². The molecule has 6 nitrogen and oxygen atoms in total. The van der Waals surface area contributed by atoms with Gasteiger partial charge >= 0.3 is 0 Å². The van der Waals surface area contributed by atoms with Crippen LogP contribution in [-0.4, -0.2) is 51.6 Å². The van der Waals surface area contributed by atoms with Crippen molar-refractivity contribution >= 4 is 35.6 Å². The van der Waals surface area contributed by atoms with Gasteiger partial charge in [-0.25, -0.2) is 0 Å². The quantitative estimate of drug-likeness (QED) is 0.412. The number of fused-ring (bicyclic) bond motifs is 1. The van der Waals surface area contributed by atoms with Gasteiger partial charge in [0, 0.05) is 38.8 Å². The van der Waals surface area contributed by atoms with E-state index in [-0.39, 0.29) is 24.0 Å². The molecule has 1 saturated heterocycles. The number of hydrogen-bond donors (Lipinski definition) is 1. The molecular formula is C20H31IN6. The Balaban J connectivity index is 0.00000210. The topological polar surface area (TPSA) is 57.8 Å². The molecule has 1 aliphatic carbocycles. The Morgan fingerprint density at radius 3 is 2.85 bits per heavy atom. The lowest BCUT2D eigenvalue weighted by Gasteiger charge is -2.33. The number of aromatic nitrogens is 3. The lowest BCUT2D eigenvalue weighted by atomic mass is 9.73. The third kappa shape index (κ3) is 4.55. The number of rotatable bonds is 4. The van der Waals surface area contributed by atoms with Gasteiger partial charge in [0.1, 0.15) is 5.82 Å². The van der Waals surface area contributed by atoms with Gasteiger partial charge in [-0.3, -0.25) is 9.39 Å². The zero-order valence-electron chi connectivity index (χ0n) is 16.2. The highest BCUT2D eigenvalue weighted by Crippen LogP contribution is 2.43.